The van der Waals surface area contributed by atoms with E-state index in [9.17, 15) is 0 Å². The van der Waals surface area contributed by atoms with Crippen LogP contribution in [0.1, 0.15) is 0 Å². The summed E-state index contributed by atoms with van der Waals surface area (Å²) >= 11 is 0. The number of rotatable bonds is 4. The summed E-state index contributed by atoms with van der Waals surface area (Å²) in [5.74, 6) is 2.44. The fourth-order valence-electron chi connectivity index (χ4n) is 1.78. The molecule has 0 aliphatic heterocycles. The minimum Gasteiger partial charge on any atom is -0.493 e. The van der Waals surface area contributed by atoms with Gasteiger partial charge in [0.25, 0.3) is 0 Å². The third-order valence-corrected chi connectivity index (χ3v) is 2.62. The molecule has 0 saturated heterocycles. The van der Waals surface area contributed by atoms with Crippen molar-refractivity contribution < 1.29 is 14.2 Å². The molecule has 19 heavy (non-hydrogen) atoms. The zero-order chi connectivity index (χ0) is 13.8. The molecule has 100 valence electrons. The van der Waals surface area contributed by atoms with Crippen LogP contribution in [0.5, 0.6) is 17.2 Å². The second-order valence-electron chi connectivity index (χ2n) is 3.69. The Hall–Kier alpha value is -2.50. The third-order valence-electron chi connectivity index (χ3n) is 2.62. The minimum absolute atomic E-state index is 0.391. The van der Waals surface area contributed by atoms with E-state index in [4.69, 9.17) is 19.9 Å². The van der Waals surface area contributed by atoms with Crippen molar-refractivity contribution in [3.63, 3.8) is 0 Å². The van der Waals surface area contributed by atoms with Crippen molar-refractivity contribution in [1.82, 2.24) is 9.97 Å². The van der Waals surface area contributed by atoms with Gasteiger partial charge in [0.1, 0.15) is 5.82 Å². The monoisotopic (exact) mass is 261 g/mol. The molecule has 2 rings (SSSR count). The van der Waals surface area contributed by atoms with Gasteiger partial charge in [0.2, 0.25) is 5.75 Å². The quantitative estimate of drug-likeness (QED) is 0.903. The Morgan fingerprint density at radius 2 is 1.68 bits per heavy atom. The lowest BCUT2D eigenvalue weighted by Gasteiger charge is -2.15. The average molecular weight is 261 g/mol. The number of hydrogen-bond donors (Lipinski definition) is 1. The number of aromatic nitrogens is 2. The molecule has 0 amide bonds. The summed E-state index contributed by atoms with van der Waals surface area (Å²) in [6, 6.07) is 5.19. The zero-order valence-electron chi connectivity index (χ0n) is 11.0. The van der Waals surface area contributed by atoms with E-state index < -0.39 is 0 Å². The number of nitrogens with zero attached hydrogens (tertiary/aromatic N) is 2. The maximum absolute atomic E-state index is 5.67. The van der Waals surface area contributed by atoms with Crippen LogP contribution in [-0.2, 0) is 0 Å². The number of anilines is 1. The van der Waals surface area contributed by atoms with Crippen molar-refractivity contribution in [1.29, 1.82) is 0 Å². The van der Waals surface area contributed by atoms with E-state index in [1.54, 1.807) is 45.7 Å². The third kappa shape index (κ3) is 2.37. The highest BCUT2D eigenvalue weighted by Gasteiger charge is 2.18. The Balaban J connectivity index is 2.64. The molecule has 6 heteroatoms. The lowest BCUT2D eigenvalue weighted by atomic mass is 10.1. The van der Waals surface area contributed by atoms with E-state index in [1.165, 1.54) is 0 Å². The summed E-state index contributed by atoms with van der Waals surface area (Å²) in [5.41, 5.74) is 6.35. The van der Waals surface area contributed by atoms with Gasteiger partial charge in [-0.05, 0) is 18.2 Å². The highest BCUT2D eigenvalue weighted by atomic mass is 16.5. The predicted molar refractivity (Wildman–Crippen MR) is 71.5 cm³/mol. The van der Waals surface area contributed by atoms with Crippen molar-refractivity contribution >= 4 is 5.82 Å². The second-order valence-corrected chi connectivity index (χ2v) is 3.69. The Bertz CT molecular complexity index is 587. The van der Waals surface area contributed by atoms with Crippen LogP contribution in [0.25, 0.3) is 11.4 Å². The number of nitrogens with two attached hydrogens (primary N) is 1. The summed E-state index contributed by atoms with van der Waals surface area (Å²) in [5, 5.41) is 0. The van der Waals surface area contributed by atoms with E-state index in [2.05, 4.69) is 9.97 Å². The van der Waals surface area contributed by atoms with E-state index in [-0.39, 0.29) is 0 Å². The predicted octanol–water partition coefficient (Wildman–Crippen LogP) is 1.75. The van der Waals surface area contributed by atoms with Crippen molar-refractivity contribution in [2.24, 2.45) is 0 Å². The first-order valence-corrected chi connectivity index (χ1v) is 5.59. The number of nitrogen functional groups attached to an aromatic ring is 1. The van der Waals surface area contributed by atoms with Gasteiger partial charge < -0.3 is 19.9 Å². The highest BCUT2D eigenvalue weighted by molar-refractivity contribution is 5.72. The number of ether oxygens (including phenoxy) is 3. The molecule has 0 fully saturated rings. The molecule has 1 heterocycles. The Morgan fingerprint density at radius 3 is 2.26 bits per heavy atom. The maximum atomic E-state index is 5.67. The molecule has 0 aliphatic carbocycles. The van der Waals surface area contributed by atoms with Crippen LogP contribution >= 0.6 is 0 Å². The zero-order valence-corrected chi connectivity index (χ0v) is 11.0. The Labute approximate surface area is 111 Å². The number of hydrogen-bond acceptors (Lipinski definition) is 6. The molecule has 0 bridgehead atoms. The van der Waals surface area contributed by atoms with E-state index >= 15 is 0 Å². The summed E-state index contributed by atoms with van der Waals surface area (Å²) < 4.78 is 15.9. The molecule has 0 radical (unpaired) electrons. The molecule has 2 aromatic rings. The van der Waals surface area contributed by atoms with Gasteiger partial charge in [0, 0.05) is 6.20 Å². The smallest absolute Gasteiger partial charge is 0.204 e. The van der Waals surface area contributed by atoms with Crippen molar-refractivity contribution in [2.45, 2.75) is 0 Å². The van der Waals surface area contributed by atoms with Gasteiger partial charge in [-0.1, -0.05) is 0 Å². The molecular weight excluding hydrogens is 246 g/mol. The van der Waals surface area contributed by atoms with Crippen LogP contribution in [0.3, 0.4) is 0 Å². The topological polar surface area (TPSA) is 79.5 Å². The molecule has 6 nitrogen and oxygen atoms in total. The fourth-order valence-corrected chi connectivity index (χ4v) is 1.78. The van der Waals surface area contributed by atoms with Gasteiger partial charge >= 0.3 is 0 Å². The molecule has 0 saturated carbocycles. The van der Waals surface area contributed by atoms with Crippen molar-refractivity contribution in [3.8, 4) is 28.6 Å². The van der Waals surface area contributed by atoms with Crippen LogP contribution in [0.4, 0.5) is 5.82 Å². The normalized spacial score (nSPS) is 10.1. The Kier molecular flexibility index (Phi) is 3.70. The van der Waals surface area contributed by atoms with Crippen LogP contribution in [-0.4, -0.2) is 31.3 Å². The average Bonchev–Trinajstić information content (AvgIpc) is 2.45. The molecule has 0 atom stereocenters. The van der Waals surface area contributed by atoms with Gasteiger partial charge in [0.15, 0.2) is 17.3 Å². The van der Waals surface area contributed by atoms with Crippen LogP contribution in [0.2, 0.25) is 0 Å². The molecular formula is C13H15N3O3. The molecule has 0 unspecified atom stereocenters. The van der Waals surface area contributed by atoms with Gasteiger partial charge in [0.05, 0.1) is 26.9 Å². The van der Waals surface area contributed by atoms with Crippen molar-refractivity contribution in [3.05, 3.63) is 24.4 Å². The lowest BCUT2D eigenvalue weighted by molar-refractivity contribution is 0.325. The first-order chi connectivity index (χ1) is 9.21. The number of benzene rings is 1. The summed E-state index contributed by atoms with van der Waals surface area (Å²) in [4.78, 5) is 8.36. The molecule has 0 spiro atoms. The molecule has 0 aliphatic rings. The van der Waals surface area contributed by atoms with Crippen LogP contribution in [0, 0.1) is 0 Å². The molecule has 1 aromatic heterocycles. The van der Waals surface area contributed by atoms with Gasteiger partial charge in [-0.2, -0.15) is 0 Å². The lowest BCUT2D eigenvalue weighted by Crippen LogP contribution is -2.00. The first-order valence-electron chi connectivity index (χ1n) is 5.59. The van der Waals surface area contributed by atoms with Gasteiger partial charge in [-0.3, -0.25) is 0 Å². The second kappa shape index (κ2) is 5.43. The summed E-state index contributed by atoms with van der Waals surface area (Å²) in [7, 11) is 4.66. The Morgan fingerprint density at radius 1 is 0.947 bits per heavy atom. The largest absolute Gasteiger partial charge is 0.493 e. The van der Waals surface area contributed by atoms with Crippen LogP contribution in [0.15, 0.2) is 24.4 Å². The fraction of sp³-hybridized carbons (Fsp3) is 0.231. The van der Waals surface area contributed by atoms with E-state index in [0.29, 0.717) is 34.5 Å². The van der Waals surface area contributed by atoms with Gasteiger partial charge in [-0.25, -0.2) is 9.97 Å². The van der Waals surface area contributed by atoms with E-state index in [1.807, 2.05) is 0 Å². The molecule has 2 N–H and O–H groups in total. The number of methoxy groups -OCH3 is 3. The minimum atomic E-state index is 0.391. The SMILES string of the molecule is COc1ccc(-c2nccc(N)n2)c(OC)c1OC. The molecule has 1 aromatic carbocycles. The standard InChI is InChI=1S/C13H15N3O3/c1-17-9-5-4-8(11(18-2)12(9)19-3)13-15-7-6-10(14)16-13/h4-7H,1-3H3,(H2,14,15,16). The first kappa shape index (κ1) is 12.9. The summed E-state index contributed by atoms with van der Waals surface area (Å²) in [6.45, 7) is 0. The summed E-state index contributed by atoms with van der Waals surface area (Å²) in [6.07, 6.45) is 1.59. The highest BCUT2D eigenvalue weighted by Crippen LogP contribution is 2.43. The van der Waals surface area contributed by atoms with Crippen molar-refractivity contribution in [2.75, 3.05) is 27.1 Å². The van der Waals surface area contributed by atoms with E-state index in [0.717, 1.165) is 0 Å². The van der Waals surface area contributed by atoms with Crippen LogP contribution < -0.4 is 19.9 Å². The van der Waals surface area contributed by atoms with Gasteiger partial charge in [-0.15, -0.1) is 0 Å². The maximum Gasteiger partial charge on any atom is 0.204 e.